The number of fused-ring (bicyclic) bond motifs is 1. The summed E-state index contributed by atoms with van der Waals surface area (Å²) in [6.45, 7) is 3.36. The molecular weight excluding hydrogens is 286 g/mol. The number of hydrogen-bond donors (Lipinski definition) is 2. The van der Waals surface area contributed by atoms with Crippen LogP contribution in [-0.2, 0) is 6.54 Å². The van der Waals surface area contributed by atoms with Gasteiger partial charge in [0.2, 0.25) is 0 Å². The number of hydrogen-bond acceptors (Lipinski definition) is 5. The van der Waals surface area contributed by atoms with Gasteiger partial charge in [-0.1, -0.05) is 12.2 Å². The lowest BCUT2D eigenvalue weighted by atomic mass is 10.2. The lowest BCUT2D eigenvalue weighted by molar-refractivity contribution is 0.0701. The summed E-state index contributed by atoms with van der Waals surface area (Å²) in [5.41, 5.74) is 5.57. The first kappa shape index (κ1) is 13.6. The quantitative estimate of drug-likeness (QED) is 0.822. The van der Waals surface area contributed by atoms with Crippen molar-refractivity contribution in [3.63, 3.8) is 0 Å². The largest absolute Gasteiger partial charge is 0.477 e. The standard InChI is InChI=1S/C11H11N3O3S2/c1-4-7-9(19-8(4)11(16)17)13-5(2)14(10(7)15)3-6(12)18/h3H2,1-2H3,(H2,12,18)(H,16,17). The van der Waals surface area contributed by atoms with Crippen LogP contribution < -0.4 is 11.3 Å². The molecule has 19 heavy (non-hydrogen) atoms. The van der Waals surface area contributed by atoms with Crippen LogP contribution in [-0.4, -0.2) is 25.6 Å². The van der Waals surface area contributed by atoms with Crippen LogP contribution in [0.25, 0.3) is 10.2 Å². The predicted molar refractivity (Wildman–Crippen MR) is 77.1 cm³/mol. The second-order valence-electron chi connectivity index (χ2n) is 4.06. The van der Waals surface area contributed by atoms with Gasteiger partial charge in [-0.3, -0.25) is 9.36 Å². The molecular formula is C11H11N3O3S2. The Balaban J connectivity index is 2.83. The van der Waals surface area contributed by atoms with E-state index in [9.17, 15) is 9.59 Å². The van der Waals surface area contributed by atoms with Crippen LogP contribution in [0.3, 0.4) is 0 Å². The minimum absolute atomic E-state index is 0.0978. The highest BCUT2D eigenvalue weighted by Gasteiger charge is 2.20. The minimum atomic E-state index is -1.06. The van der Waals surface area contributed by atoms with E-state index in [4.69, 9.17) is 23.1 Å². The van der Waals surface area contributed by atoms with Crippen molar-refractivity contribution in [2.75, 3.05) is 0 Å². The van der Waals surface area contributed by atoms with Gasteiger partial charge < -0.3 is 10.8 Å². The van der Waals surface area contributed by atoms with Crippen LogP contribution in [0.4, 0.5) is 0 Å². The first-order valence-electron chi connectivity index (χ1n) is 5.35. The van der Waals surface area contributed by atoms with Gasteiger partial charge in [-0.2, -0.15) is 0 Å². The summed E-state index contributed by atoms with van der Waals surface area (Å²) in [4.78, 5) is 28.4. The molecule has 2 aromatic rings. The zero-order valence-corrected chi connectivity index (χ0v) is 11.9. The van der Waals surface area contributed by atoms with E-state index >= 15 is 0 Å². The van der Waals surface area contributed by atoms with E-state index in [0.717, 1.165) is 11.3 Å². The van der Waals surface area contributed by atoms with Gasteiger partial charge in [0.15, 0.2) is 0 Å². The van der Waals surface area contributed by atoms with Gasteiger partial charge in [0.1, 0.15) is 15.5 Å². The predicted octanol–water partition coefficient (Wildman–Crippen LogP) is 1.06. The SMILES string of the molecule is Cc1c(C(=O)O)sc2nc(C)n(CC(N)=S)c(=O)c12. The van der Waals surface area contributed by atoms with Gasteiger partial charge in [-0.15, -0.1) is 11.3 Å². The van der Waals surface area contributed by atoms with E-state index in [2.05, 4.69) is 4.98 Å². The maximum atomic E-state index is 12.4. The van der Waals surface area contributed by atoms with Gasteiger partial charge in [0, 0.05) is 0 Å². The van der Waals surface area contributed by atoms with Crippen LogP contribution in [0.2, 0.25) is 0 Å². The lowest BCUT2D eigenvalue weighted by Gasteiger charge is -2.08. The number of thiophene rings is 1. The summed E-state index contributed by atoms with van der Waals surface area (Å²) in [5.74, 6) is -0.595. The third kappa shape index (κ3) is 2.24. The fourth-order valence-corrected chi connectivity index (χ4v) is 3.05. The summed E-state index contributed by atoms with van der Waals surface area (Å²) >= 11 is 5.80. The zero-order chi connectivity index (χ0) is 14.3. The van der Waals surface area contributed by atoms with Gasteiger partial charge in [-0.05, 0) is 19.4 Å². The molecule has 0 atom stereocenters. The molecule has 0 saturated heterocycles. The maximum absolute atomic E-state index is 12.4. The van der Waals surface area contributed by atoms with Crippen molar-refractivity contribution in [2.24, 2.45) is 5.73 Å². The monoisotopic (exact) mass is 297 g/mol. The minimum Gasteiger partial charge on any atom is -0.477 e. The summed E-state index contributed by atoms with van der Waals surface area (Å²) in [6.07, 6.45) is 0. The van der Waals surface area contributed by atoms with Crippen molar-refractivity contribution in [1.29, 1.82) is 0 Å². The molecule has 8 heteroatoms. The fourth-order valence-electron chi connectivity index (χ4n) is 1.86. The first-order chi connectivity index (χ1) is 8.82. The molecule has 0 unspecified atom stereocenters. The van der Waals surface area contributed by atoms with Gasteiger partial charge in [-0.25, -0.2) is 9.78 Å². The molecule has 100 valence electrons. The number of aromatic nitrogens is 2. The normalized spacial score (nSPS) is 10.8. The van der Waals surface area contributed by atoms with E-state index in [0.29, 0.717) is 21.6 Å². The van der Waals surface area contributed by atoms with Gasteiger partial charge in [0.25, 0.3) is 5.56 Å². The number of carboxylic acid groups (broad SMARTS) is 1. The van der Waals surface area contributed by atoms with Gasteiger partial charge >= 0.3 is 5.97 Å². The molecule has 0 aromatic carbocycles. The van der Waals surface area contributed by atoms with Gasteiger partial charge in [0.05, 0.1) is 16.9 Å². The molecule has 0 aliphatic rings. The number of aryl methyl sites for hydroxylation is 2. The molecule has 0 bridgehead atoms. The van der Waals surface area contributed by atoms with Crippen molar-refractivity contribution in [2.45, 2.75) is 20.4 Å². The number of nitrogens with two attached hydrogens (primary N) is 1. The number of carboxylic acids is 1. The number of thiocarbonyl (C=S) groups is 1. The smallest absolute Gasteiger partial charge is 0.346 e. The lowest BCUT2D eigenvalue weighted by Crippen LogP contribution is -2.29. The third-order valence-electron chi connectivity index (χ3n) is 2.75. The van der Waals surface area contributed by atoms with Crippen molar-refractivity contribution in [1.82, 2.24) is 9.55 Å². The Morgan fingerprint density at radius 1 is 1.53 bits per heavy atom. The molecule has 0 aliphatic carbocycles. The molecule has 6 nitrogen and oxygen atoms in total. The Labute approximate surface area is 117 Å². The van der Waals surface area contributed by atoms with Crippen LogP contribution in [0, 0.1) is 13.8 Å². The average Bonchev–Trinajstić information content (AvgIpc) is 2.61. The molecule has 0 saturated carbocycles. The Morgan fingerprint density at radius 3 is 2.68 bits per heavy atom. The summed E-state index contributed by atoms with van der Waals surface area (Å²) in [6, 6.07) is 0. The summed E-state index contributed by atoms with van der Waals surface area (Å²) < 4.78 is 1.36. The second-order valence-corrected chi connectivity index (χ2v) is 5.58. The highest BCUT2D eigenvalue weighted by Crippen LogP contribution is 2.27. The topological polar surface area (TPSA) is 98.2 Å². The van der Waals surface area contributed by atoms with Crippen molar-refractivity contribution in [3.8, 4) is 0 Å². The molecule has 3 N–H and O–H groups in total. The Hall–Kier alpha value is -1.80. The van der Waals surface area contributed by atoms with Crippen molar-refractivity contribution < 1.29 is 9.90 Å². The molecule has 0 radical (unpaired) electrons. The highest BCUT2D eigenvalue weighted by molar-refractivity contribution is 7.80. The molecule has 0 amide bonds. The molecule has 0 aliphatic heterocycles. The van der Waals surface area contributed by atoms with Crippen LogP contribution in [0.1, 0.15) is 21.1 Å². The molecule has 2 rings (SSSR count). The van der Waals surface area contributed by atoms with E-state index < -0.39 is 5.97 Å². The third-order valence-corrected chi connectivity index (χ3v) is 4.05. The van der Waals surface area contributed by atoms with Crippen LogP contribution >= 0.6 is 23.6 Å². The number of nitrogens with zero attached hydrogens (tertiary/aromatic N) is 2. The van der Waals surface area contributed by atoms with Crippen molar-refractivity contribution in [3.05, 3.63) is 26.6 Å². The fraction of sp³-hybridized carbons (Fsp3) is 0.273. The molecule has 2 aromatic heterocycles. The zero-order valence-electron chi connectivity index (χ0n) is 10.3. The van der Waals surface area contributed by atoms with Crippen LogP contribution in [0.5, 0.6) is 0 Å². The Bertz CT molecular complexity index is 761. The maximum Gasteiger partial charge on any atom is 0.346 e. The first-order valence-corrected chi connectivity index (χ1v) is 6.57. The van der Waals surface area contributed by atoms with E-state index in [1.54, 1.807) is 13.8 Å². The number of rotatable bonds is 3. The van der Waals surface area contributed by atoms with E-state index in [-0.39, 0.29) is 22.0 Å². The molecule has 0 fully saturated rings. The Morgan fingerprint density at radius 2 is 2.16 bits per heavy atom. The van der Waals surface area contributed by atoms with E-state index in [1.807, 2.05) is 0 Å². The van der Waals surface area contributed by atoms with Crippen LogP contribution in [0.15, 0.2) is 4.79 Å². The number of aromatic carboxylic acids is 1. The summed E-state index contributed by atoms with van der Waals surface area (Å²) in [7, 11) is 0. The molecule has 0 spiro atoms. The summed E-state index contributed by atoms with van der Waals surface area (Å²) in [5, 5.41) is 9.40. The van der Waals surface area contributed by atoms with E-state index in [1.165, 1.54) is 4.57 Å². The highest BCUT2D eigenvalue weighted by atomic mass is 32.1. The second kappa shape index (κ2) is 4.71. The molecule has 2 heterocycles. The Kier molecular flexibility index (Phi) is 3.38. The number of carbonyl (C=O) groups is 1. The van der Waals surface area contributed by atoms with Crippen molar-refractivity contribution >= 4 is 44.7 Å². The average molecular weight is 297 g/mol.